The molecule has 0 spiro atoms. The van der Waals surface area contributed by atoms with Crippen molar-refractivity contribution in [3.05, 3.63) is 29.6 Å². The van der Waals surface area contributed by atoms with Crippen molar-refractivity contribution in [1.82, 2.24) is 4.98 Å². The highest BCUT2D eigenvalue weighted by molar-refractivity contribution is 5.26. The minimum atomic E-state index is -4.32. The zero-order chi connectivity index (χ0) is 12.4. The molecule has 0 unspecified atom stereocenters. The molecule has 5 heteroatoms. The number of pyridine rings is 1. The van der Waals surface area contributed by atoms with E-state index in [1.165, 1.54) is 6.20 Å². The maximum Gasteiger partial charge on any atom is 0.416 e. The van der Waals surface area contributed by atoms with Gasteiger partial charge in [0.2, 0.25) is 0 Å². The lowest BCUT2D eigenvalue weighted by atomic mass is 9.95. The van der Waals surface area contributed by atoms with E-state index >= 15 is 0 Å². The highest BCUT2D eigenvalue weighted by Crippen LogP contribution is 2.32. The third-order valence-electron chi connectivity index (χ3n) is 2.25. The Balaban J connectivity index is 2.88. The maximum atomic E-state index is 12.6. The van der Waals surface area contributed by atoms with Crippen LogP contribution < -0.4 is 5.73 Å². The fourth-order valence-corrected chi connectivity index (χ4v) is 1.36. The molecule has 0 aromatic carbocycles. The Hall–Kier alpha value is -1.10. The number of hydrogen-bond donors (Lipinski definition) is 1. The second kappa shape index (κ2) is 4.41. The molecule has 16 heavy (non-hydrogen) atoms. The highest BCUT2D eigenvalue weighted by Gasteiger charge is 2.33. The van der Waals surface area contributed by atoms with Crippen molar-refractivity contribution in [3.63, 3.8) is 0 Å². The van der Waals surface area contributed by atoms with Crippen molar-refractivity contribution in [2.45, 2.75) is 38.4 Å². The van der Waals surface area contributed by atoms with Crippen LogP contribution >= 0.6 is 0 Å². The van der Waals surface area contributed by atoms with Gasteiger partial charge >= 0.3 is 6.18 Å². The monoisotopic (exact) mass is 232 g/mol. The van der Waals surface area contributed by atoms with Gasteiger partial charge in [-0.2, -0.15) is 13.2 Å². The van der Waals surface area contributed by atoms with Crippen molar-refractivity contribution in [3.8, 4) is 0 Å². The first-order chi connectivity index (χ1) is 7.20. The van der Waals surface area contributed by atoms with Gasteiger partial charge in [-0.3, -0.25) is 4.98 Å². The molecule has 0 bridgehead atoms. The Labute approximate surface area is 92.7 Å². The largest absolute Gasteiger partial charge is 0.416 e. The molecule has 0 aliphatic carbocycles. The van der Waals surface area contributed by atoms with Gasteiger partial charge in [-0.25, -0.2) is 0 Å². The summed E-state index contributed by atoms with van der Waals surface area (Å²) >= 11 is 0. The molecule has 1 aromatic heterocycles. The summed E-state index contributed by atoms with van der Waals surface area (Å²) in [6.45, 7) is 3.58. The van der Waals surface area contributed by atoms with Crippen LogP contribution in [-0.4, -0.2) is 10.5 Å². The van der Waals surface area contributed by atoms with Gasteiger partial charge in [0.15, 0.2) is 0 Å². The molecule has 0 radical (unpaired) electrons. The van der Waals surface area contributed by atoms with Gasteiger partial charge in [-0.15, -0.1) is 0 Å². The molecule has 90 valence electrons. The summed E-state index contributed by atoms with van der Waals surface area (Å²) in [5, 5.41) is 0. The summed E-state index contributed by atoms with van der Waals surface area (Å²) in [6, 6.07) is 0.999. The zero-order valence-electron chi connectivity index (χ0n) is 9.30. The second-order valence-electron chi connectivity index (χ2n) is 4.52. The lowest BCUT2D eigenvalue weighted by Crippen LogP contribution is -2.32. The lowest BCUT2D eigenvalue weighted by molar-refractivity contribution is -0.138. The van der Waals surface area contributed by atoms with Crippen molar-refractivity contribution in [2.24, 2.45) is 5.73 Å². The van der Waals surface area contributed by atoms with Crippen molar-refractivity contribution in [2.75, 3.05) is 0 Å². The number of nitrogens with zero attached hydrogens (tertiary/aromatic N) is 1. The first kappa shape index (κ1) is 13.0. The summed E-state index contributed by atoms with van der Waals surface area (Å²) < 4.78 is 37.8. The Kier molecular flexibility index (Phi) is 3.57. The first-order valence-corrected chi connectivity index (χ1v) is 4.99. The van der Waals surface area contributed by atoms with E-state index in [9.17, 15) is 13.2 Å². The van der Waals surface area contributed by atoms with E-state index in [1.54, 1.807) is 13.8 Å². The molecule has 0 fully saturated rings. The fourth-order valence-electron chi connectivity index (χ4n) is 1.36. The minimum Gasteiger partial charge on any atom is -0.326 e. The summed E-state index contributed by atoms with van der Waals surface area (Å²) in [5.41, 5.74) is 4.85. The van der Waals surface area contributed by atoms with E-state index in [2.05, 4.69) is 4.98 Å². The number of halogens is 3. The number of aryl methyl sites for hydroxylation is 1. The average Bonchev–Trinajstić information content (AvgIpc) is 2.12. The Bertz CT molecular complexity index is 353. The zero-order valence-corrected chi connectivity index (χ0v) is 9.30. The summed E-state index contributed by atoms with van der Waals surface area (Å²) in [4.78, 5) is 3.72. The molecular weight excluding hydrogens is 217 g/mol. The van der Waals surface area contributed by atoms with Gasteiger partial charge in [0, 0.05) is 17.9 Å². The third-order valence-corrected chi connectivity index (χ3v) is 2.25. The van der Waals surface area contributed by atoms with Crippen LogP contribution in [0.1, 0.15) is 31.4 Å². The molecule has 0 aliphatic rings. The molecule has 0 amide bonds. The van der Waals surface area contributed by atoms with Gasteiger partial charge < -0.3 is 5.73 Å². The van der Waals surface area contributed by atoms with E-state index in [0.717, 1.165) is 12.3 Å². The summed E-state index contributed by atoms with van der Waals surface area (Å²) in [6.07, 6.45) is -1.14. The second-order valence-corrected chi connectivity index (χ2v) is 4.52. The first-order valence-electron chi connectivity index (χ1n) is 4.99. The van der Waals surface area contributed by atoms with E-state index in [0.29, 0.717) is 6.42 Å². The molecule has 1 rings (SSSR count). The summed E-state index contributed by atoms with van der Waals surface area (Å²) in [7, 11) is 0. The minimum absolute atomic E-state index is 0.202. The molecule has 2 N–H and O–H groups in total. The number of aromatic nitrogens is 1. The van der Waals surface area contributed by atoms with Crippen LogP contribution in [0.3, 0.4) is 0 Å². The van der Waals surface area contributed by atoms with Crippen LogP contribution in [0.25, 0.3) is 0 Å². The van der Waals surface area contributed by atoms with Crippen LogP contribution in [0.15, 0.2) is 18.5 Å². The third kappa shape index (κ3) is 3.81. The van der Waals surface area contributed by atoms with Crippen molar-refractivity contribution in [1.29, 1.82) is 0 Å². The smallest absolute Gasteiger partial charge is 0.326 e. The van der Waals surface area contributed by atoms with E-state index in [1.807, 2.05) is 0 Å². The van der Waals surface area contributed by atoms with Crippen LogP contribution in [0.5, 0.6) is 0 Å². The predicted octanol–water partition coefficient (Wildman–Crippen LogP) is 2.77. The van der Waals surface area contributed by atoms with Crippen molar-refractivity contribution >= 4 is 0 Å². The molecule has 0 atom stereocenters. The van der Waals surface area contributed by atoms with Crippen molar-refractivity contribution < 1.29 is 13.2 Å². The molecule has 0 saturated carbocycles. The van der Waals surface area contributed by atoms with E-state index < -0.39 is 17.3 Å². The fraction of sp³-hybridized carbons (Fsp3) is 0.545. The Morgan fingerprint density at radius 2 is 1.94 bits per heavy atom. The molecule has 1 aromatic rings. The molecule has 0 aliphatic heterocycles. The predicted molar refractivity (Wildman–Crippen MR) is 55.8 cm³/mol. The SMILES string of the molecule is CC(C)(N)CCc1cnccc1C(F)(F)F. The van der Waals surface area contributed by atoms with Crippen LogP contribution in [0, 0.1) is 0 Å². The van der Waals surface area contributed by atoms with Crippen LogP contribution in [0.4, 0.5) is 13.2 Å². The molecular formula is C11H15F3N2. The maximum absolute atomic E-state index is 12.6. The topological polar surface area (TPSA) is 38.9 Å². The molecule has 1 heterocycles. The average molecular weight is 232 g/mol. The molecule has 0 saturated heterocycles. The van der Waals surface area contributed by atoms with E-state index in [-0.39, 0.29) is 12.0 Å². The normalized spacial score (nSPS) is 12.9. The standard InChI is InChI=1S/C11H15F3N2/c1-10(2,15)5-3-8-7-16-6-4-9(8)11(12,13)14/h4,6-7H,3,5,15H2,1-2H3. The highest BCUT2D eigenvalue weighted by atomic mass is 19.4. The van der Waals surface area contributed by atoms with Crippen LogP contribution in [0.2, 0.25) is 0 Å². The van der Waals surface area contributed by atoms with Gasteiger partial charge in [-0.05, 0) is 38.3 Å². The lowest BCUT2D eigenvalue weighted by Gasteiger charge is -2.19. The quantitative estimate of drug-likeness (QED) is 0.870. The van der Waals surface area contributed by atoms with Gasteiger partial charge in [-0.1, -0.05) is 0 Å². The summed E-state index contributed by atoms with van der Waals surface area (Å²) in [5.74, 6) is 0. The number of nitrogens with two attached hydrogens (primary N) is 1. The Morgan fingerprint density at radius 3 is 2.44 bits per heavy atom. The Morgan fingerprint density at radius 1 is 1.31 bits per heavy atom. The van der Waals surface area contributed by atoms with Gasteiger partial charge in [0.05, 0.1) is 5.56 Å². The molecule has 2 nitrogen and oxygen atoms in total. The van der Waals surface area contributed by atoms with Crippen LogP contribution in [-0.2, 0) is 12.6 Å². The number of rotatable bonds is 3. The number of alkyl halides is 3. The van der Waals surface area contributed by atoms with Gasteiger partial charge in [0.25, 0.3) is 0 Å². The van der Waals surface area contributed by atoms with E-state index in [4.69, 9.17) is 5.73 Å². The number of hydrogen-bond acceptors (Lipinski definition) is 2. The van der Waals surface area contributed by atoms with Gasteiger partial charge in [0.1, 0.15) is 0 Å².